The van der Waals surface area contributed by atoms with Crippen LogP contribution in [0.15, 0.2) is 48.6 Å². The van der Waals surface area contributed by atoms with E-state index in [2.05, 4.69) is 55.6 Å². The van der Waals surface area contributed by atoms with Gasteiger partial charge in [0.1, 0.15) is 13.2 Å². The zero-order chi connectivity index (χ0) is 47.1. The molecule has 0 fully saturated rings. The van der Waals surface area contributed by atoms with Crippen molar-refractivity contribution < 1.29 is 32.9 Å². The van der Waals surface area contributed by atoms with Crippen molar-refractivity contribution in [3.8, 4) is 0 Å². The van der Waals surface area contributed by atoms with Gasteiger partial charge in [-0.05, 0) is 57.8 Å². The Morgan fingerprint density at radius 2 is 0.891 bits per heavy atom. The van der Waals surface area contributed by atoms with Crippen molar-refractivity contribution in [2.24, 2.45) is 0 Å². The summed E-state index contributed by atoms with van der Waals surface area (Å²) in [4.78, 5) is 23.2. The van der Waals surface area contributed by atoms with Gasteiger partial charge in [0.2, 0.25) is 5.91 Å². The fourth-order valence-corrected chi connectivity index (χ4v) is 8.49. The topological polar surface area (TPSA) is 105 Å². The molecular formula is C55H106N2O6P+. The van der Waals surface area contributed by atoms with Crippen molar-refractivity contribution in [3.63, 3.8) is 0 Å². The molecule has 3 atom stereocenters. The lowest BCUT2D eigenvalue weighted by Crippen LogP contribution is -2.45. The Balaban J connectivity index is 4.20. The first-order chi connectivity index (χ1) is 31.0. The number of rotatable bonds is 49. The van der Waals surface area contributed by atoms with E-state index in [0.29, 0.717) is 17.4 Å². The second kappa shape index (κ2) is 46.6. The summed E-state index contributed by atoms with van der Waals surface area (Å²) in [6.07, 6.45) is 60.5. The fourth-order valence-electron chi connectivity index (χ4n) is 7.76. The number of carbonyl (C=O) groups excluding carboxylic acids is 1. The molecule has 3 N–H and O–H groups in total. The van der Waals surface area contributed by atoms with E-state index in [1.54, 1.807) is 6.08 Å². The van der Waals surface area contributed by atoms with Crippen LogP contribution in [0, 0.1) is 0 Å². The summed E-state index contributed by atoms with van der Waals surface area (Å²) >= 11 is 0. The summed E-state index contributed by atoms with van der Waals surface area (Å²) in [7, 11) is 1.57. The predicted octanol–water partition coefficient (Wildman–Crippen LogP) is 16.0. The maximum atomic E-state index is 12.9. The standard InChI is InChI=1S/C55H105N2O6P/c1-6-8-10-12-14-16-18-20-22-23-24-25-26-27-28-29-30-31-32-33-35-37-39-41-43-45-47-49-55(59)56-53(52-63-64(60,61)62-51-50-57(3,4)5)54(58)48-46-44-42-40-38-36-34-21-19-17-15-13-11-9-7-2/h18,20,23-24,26-27,46,48,53-54,58H,6-17,19,21-22,25,28-45,47,49-52H2,1-5H3,(H-,56,59,60,61)/p+1/b20-18-,24-23-,27-26-,48-46+. The molecule has 0 heterocycles. The Bertz CT molecular complexity index is 1180. The molecule has 0 bridgehead atoms. The Morgan fingerprint density at radius 1 is 0.531 bits per heavy atom. The zero-order valence-corrected chi connectivity index (χ0v) is 43.7. The largest absolute Gasteiger partial charge is 0.472 e. The smallest absolute Gasteiger partial charge is 0.387 e. The highest BCUT2D eigenvalue weighted by molar-refractivity contribution is 7.47. The first kappa shape index (κ1) is 62.5. The Kier molecular flexibility index (Phi) is 45.4. The van der Waals surface area contributed by atoms with Crippen LogP contribution in [0.5, 0.6) is 0 Å². The average molecular weight is 922 g/mol. The normalized spacial score (nSPS) is 14.4. The molecule has 8 nitrogen and oxygen atoms in total. The Morgan fingerprint density at radius 3 is 1.30 bits per heavy atom. The molecule has 0 aromatic carbocycles. The summed E-state index contributed by atoms with van der Waals surface area (Å²) < 4.78 is 23.7. The summed E-state index contributed by atoms with van der Waals surface area (Å²) in [5.74, 6) is -0.179. The zero-order valence-electron chi connectivity index (χ0n) is 42.8. The first-order valence-corrected chi connectivity index (χ1v) is 28.5. The highest BCUT2D eigenvalue weighted by atomic mass is 31.2. The number of likely N-dealkylation sites (N-methyl/N-ethyl adjacent to an activating group) is 1. The van der Waals surface area contributed by atoms with Crippen LogP contribution in [0.1, 0.15) is 245 Å². The molecule has 0 radical (unpaired) electrons. The molecule has 9 heteroatoms. The van der Waals surface area contributed by atoms with Crippen LogP contribution in [0.25, 0.3) is 0 Å². The molecule has 0 aromatic rings. The van der Waals surface area contributed by atoms with E-state index in [-0.39, 0.29) is 19.1 Å². The summed E-state index contributed by atoms with van der Waals surface area (Å²) in [6.45, 7) is 4.81. The second-order valence-electron chi connectivity index (χ2n) is 19.6. The highest BCUT2D eigenvalue weighted by Crippen LogP contribution is 2.43. The van der Waals surface area contributed by atoms with Crippen LogP contribution < -0.4 is 5.32 Å². The lowest BCUT2D eigenvalue weighted by atomic mass is 10.0. The van der Waals surface area contributed by atoms with Crippen molar-refractivity contribution in [3.05, 3.63) is 48.6 Å². The predicted molar refractivity (Wildman–Crippen MR) is 277 cm³/mol. The minimum atomic E-state index is -4.34. The average Bonchev–Trinajstić information content (AvgIpc) is 3.25. The molecule has 0 aliphatic rings. The number of carbonyl (C=O) groups is 1. The lowest BCUT2D eigenvalue weighted by molar-refractivity contribution is -0.870. The first-order valence-electron chi connectivity index (χ1n) is 27.0. The maximum absolute atomic E-state index is 12.9. The van der Waals surface area contributed by atoms with Crippen molar-refractivity contribution in [1.82, 2.24) is 5.32 Å². The molecule has 0 rings (SSSR count). The van der Waals surface area contributed by atoms with E-state index in [4.69, 9.17) is 9.05 Å². The molecule has 0 spiro atoms. The van der Waals surface area contributed by atoms with E-state index < -0.39 is 20.0 Å². The third-order valence-corrected chi connectivity index (χ3v) is 13.0. The number of aliphatic hydroxyl groups excluding tert-OH is 1. The van der Waals surface area contributed by atoms with Gasteiger partial charge in [-0.25, -0.2) is 4.57 Å². The number of nitrogens with one attached hydrogen (secondary N) is 1. The van der Waals surface area contributed by atoms with Gasteiger partial charge in [-0.15, -0.1) is 0 Å². The Hall–Kier alpha value is -1.54. The van der Waals surface area contributed by atoms with Gasteiger partial charge in [0.15, 0.2) is 0 Å². The van der Waals surface area contributed by atoms with Gasteiger partial charge >= 0.3 is 7.82 Å². The molecule has 1 amide bonds. The van der Waals surface area contributed by atoms with Crippen molar-refractivity contribution >= 4 is 13.7 Å². The quantitative estimate of drug-likeness (QED) is 0.0243. The number of hydrogen-bond acceptors (Lipinski definition) is 5. The van der Waals surface area contributed by atoms with Crippen molar-refractivity contribution in [1.29, 1.82) is 0 Å². The number of aliphatic hydroxyl groups is 1. The molecule has 0 aliphatic heterocycles. The molecule has 0 saturated heterocycles. The van der Waals surface area contributed by atoms with Crippen LogP contribution in [-0.2, 0) is 18.4 Å². The van der Waals surface area contributed by atoms with Gasteiger partial charge in [-0.3, -0.25) is 13.8 Å². The van der Waals surface area contributed by atoms with Crippen LogP contribution in [0.4, 0.5) is 0 Å². The van der Waals surface area contributed by atoms with Crippen LogP contribution in [-0.4, -0.2) is 73.4 Å². The van der Waals surface area contributed by atoms with E-state index in [9.17, 15) is 19.4 Å². The third kappa shape index (κ3) is 48.4. The number of quaternary nitrogens is 1. The number of hydrogen-bond donors (Lipinski definition) is 3. The monoisotopic (exact) mass is 922 g/mol. The van der Waals surface area contributed by atoms with Gasteiger partial charge in [-0.1, -0.05) is 229 Å². The third-order valence-electron chi connectivity index (χ3n) is 12.0. The fraction of sp³-hybridized carbons (Fsp3) is 0.836. The number of phosphoric ester groups is 1. The van der Waals surface area contributed by atoms with E-state index >= 15 is 0 Å². The highest BCUT2D eigenvalue weighted by Gasteiger charge is 2.27. The molecule has 0 saturated carbocycles. The van der Waals surface area contributed by atoms with Gasteiger partial charge in [0, 0.05) is 6.42 Å². The van der Waals surface area contributed by atoms with Crippen LogP contribution in [0.3, 0.4) is 0 Å². The molecular weight excluding hydrogens is 816 g/mol. The van der Waals surface area contributed by atoms with Crippen LogP contribution in [0.2, 0.25) is 0 Å². The molecule has 0 aromatic heterocycles. The van der Waals surface area contributed by atoms with E-state index in [0.717, 1.165) is 51.4 Å². The number of amides is 1. The molecule has 64 heavy (non-hydrogen) atoms. The van der Waals surface area contributed by atoms with Crippen LogP contribution >= 0.6 is 7.82 Å². The minimum absolute atomic E-state index is 0.0606. The van der Waals surface area contributed by atoms with Crippen molar-refractivity contribution in [2.45, 2.75) is 257 Å². The number of unbranched alkanes of at least 4 members (excludes halogenated alkanes) is 30. The van der Waals surface area contributed by atoms with Gasteiger partial charge in [0.05, 0.1) is 39.9 Å². The number of allylic oxidation sites excluding steroid dienone is 7. The molecule has 3 unspecified atom stereocenters. The Labute approximate surface area is 397 Å². The van der Waals surface area contributed by atoms with E-state index in [1.807, 2.05) is 27.2 Å². The van der Waals surface area contributed by atoms with E-state index in [1.165, 1.54) is 173 Å². The second-order valence-corrected chi connectivity index (χ2v) is 21.1. The van der Waals surface area contributed by atoms with Gasteiger partial charge in [-0.2, -0.15) is 0 Å². The summed E-state index contributed by atoms with van der Waals surface area (Å²) in [5, 5.41) is 13.9. The van der Waals surface area contributed by atoms with Crippen molar-refractivity contribution in [2.75, 3.05) is 40.9 Å². The number of phosphoric acid groups is 1. The SMILES string of the molecule is CCCCCCC/C=C\C/C=C\C/C=C\CCCCCCCCCCCCCCC(=O)NC(COP(=O)(O)OCC[N+](C)(C)C)C(O)/C=C/CCCCCCCCCCCCCCC. The molecule has 0 aliphatic carbocycles. The van der Waals surface area contributed by atoms with Gasteiger partial charge < -0.3 is 19.8 Å². The molecule has 376 valence electrons. The summed E-state index contributed by atoms with van der Waals surface area (Å²) in [5.41, 5.74) is 0. The maximum Gasteiger partial charge on any atom is 0.472 e. The summed E-state index contributed by atoms with van der Waals surface area (Å²) in [6, 6.07) is -0.848. The lowest BCUT2D eigenvalue weighted by Gasteiger charge is -2.25. The van der Waals surface area contributed by atoms with Gasteiger partial charge in [0.25, 0.3) is 0 Å². The number of nitrogens with zero attached hydrogens (tertiary/aromatic N) is 1. The minimum Gasteiger partial charge on any atom is -0.387 e.